The minimum atomic E-state index is -0.354. The van der Waals surface area contributed by atoms with Crippen molar-refractivity contribution in [3.8, 4) is 0 Å². The van der Waals surface area contributed by atoms with Crippen molar-refractivity contribution in [2.24, 2.45) is 11.5 Å². The lowest BCUT2D eigenvalue weighted by atomic mass is 9.79. The van der Waals surface area contributed by atoms with E-state index in [2.05, 4.69) is 0 Å². The predicted molar refractivity (Wildman–Crippen MR) is 50.6 cm³/mol. The summed E-state index contributed by atoms with van der Waals surface area (Å²) in [6.07, 6.45) is 1.77. The first-order valence-corrected chi connectivity index (χ1v) is 4.48. The van der Waals surface area contributed by atoms with Crippen LogP contribution in [0.2, 0.25) is 6.82 Å². The van der Waals surface area contributed by atoms with Crippen LogP contribution >= 0.6 is 0 Å². The van der Waals surface area contributed by atoms with Crippen molar-refractivity contribution in [2.75, 3.05) is 19.6 Å². The summed E-state index contributed by atoms with van der Waals surface area (Å²) in [5, 5.41) is 9.27. The molecule has 0 amide bonds. The summed E-state index contributed by atoms with van der Waals surface area (Å²) in [7, 11) is -0.354. The molecule has 0 aromatic carbocycles. The van der Waals surface area contributed by atoms with E-state index in [-0.39, 0.29) is 12.6 Å². The Labute approximate surface area is 74.0 Å². The summed E-state index contributed by atoms with van der Waals surface area (Å²) in [6.45, 7) is 4.03. The summed E-state index contributed by atoms with van der Waals surface area (Å²) in [6, 6.07) is 0. The molecule has 0 radical (unpaired) electrons. The monoisotopic (exact) mass is 171 g/mol. The summed E-state index contributed by atoms with van der Waals surface area (Å²) < 4.78 is 0. The molecule has 1 aliphatic rings. The second-order valence-electron chi connectivity index (χ2n) is 3.73. The van der Waals surface area contributed by atoms with Crippen LogP contribution in [0.1, 0.15) is 12.8 Å². The molecule has 0 bridgehead atoms. The standard InChI is InChI=1S/C7H18BN3O/c1-8(12)11-4-2-7(10,6-9)3-5-11/h12H,2-6,9-10H2,1H3. The van der Waals surface area contributed by atoms with Crippen LogP contribution in [0, 0.1) is 0 Å². The highest BCUT2D eigenvalue weighted by Gasteiger charge is 2.31. The van der Waals surface area contributed by atoms with Crippen molar-refractivity contribution in [3.63, 3.8) is 0 Å². The zero-order chi connectivity index (χ0) is 9.19. The van der Waals surface area contributed by atoms with Crippen LogP contribution in [0.15, 0.2) is 0 Å². The summed E-state index contributed by atoms with van der Waals surface area (Å²) in [5.74, 6) is 0. The van der Waals surface area contributed by atoms with Crippen molar-refractivity contribution in [2.45, 2.75) is 25.2 Å². The number of piperidine rings is 1. The smallest absolute Gasteiger partial charge is 0.376 e. The number of nitrogens with two attached hydrogens (primary N) is 2. The van der Waals surface area contributed by atoms with E-state index in [0.29, 0.717) is 6.54 Å². The van der Waals surface area contributed by atoms with E-state index in [1.165, 1.54) is 0 Å². The third-order valence-electron chi connectivity index (χ3n) is 2.73. The summed E-state index contributed by atoms with van der Waals surface area (Å²) in [5.41, 5.74) is 11.4. The van der Waals surface area contributed by atoms with E-state index in [1.807, 2.05) is 4.81 Å². The molecule has 1 rings (SSSR count). The predicted octanol–water partition coefficient (Wildman–Crippen LogP) is -1.15. The lowest BCUT2D eigenvalue weighted by molar-refractivity contribution is 0.223. The average molecular weight is 171 g/mol. The lowest BCUT2D eigenvalue weighted by Gasteiger charge is -2.38. The number of hydrogen-bond acceptors (Lipinski definition) is 4. The first-order chi connectivity index (χ1) is 5.57. The minimum Gasteiger partial charge on any atom is -0.437 e. The molecule has 0 atom stereocenters. The number of nitrogens with zero attached hydrogens (tertiary/aromatic N) is 1. The van der Waals surface area contributed by atoms with E-state index in [4.69, 9.17) is 11.5 Å². The largest absolute Gasteiger partial charge is 0.437 e. The van der Waals surface area contributed by atoms with Crippen molar-refractivity contribution in [3.05, 3.63) is 0 Å². The Morgan fingerprint density at radius 2 is 2.00 bits per heavy atom. The molecule has 0 aliphatic carbocycles. The molecule has 0 aromatic heterocycles. The maximum Gasteiger partial charge on any atom is 0.376 e. The Hall–Kier alpha value is -0.0951. The molecular formula is C7H18BN3O. The molecule has 5 heteroatoms. The Morgan fingerprint density at radius 1 is 1.50 bits per heavy atom. The second kappa shape index (κ2) is 3.74. The third kappa shape index (κ3) is 2.20. The quantitative estimate of drug-likeness (QED) is 0.458. The van der Waals surface area contributed by atoms with E-state index >= 15 is 0 Å². The molecule has 1 saturated heterocycles. The zero-order valence-corrected chi connectivity index (χ0v) is 7.66. The highest BCUT2D eigenvalue weighted by atomic mass is 16.2. The topological polar surface area (TPSA) is 75.5 Å². The van der Waals surface area contributed by atoms with E-state index in [0.717, 1.165) is 25.9 Å². The summed E-state index contributed by atoms with van der Waals surface area (Å²) >= 11 is 0. The molecule has 5 N–H and O–H groups in total. The van der Waals surface area contributed by atoms with Crippen LogP contribution < -0.4 is 11.5 Å². The van der Waals surface area contributed by atoms with Gasteiger partial charge in [-0.05, 0) is 32.8 Å². The van der Waals surface area contributed by atoms with Gasteiger partial charge in [0.1, 0.15) is 0 Å². The normalized spacial score (nSPS) is 24.0. The van der Waals surface area contributed by atoms with Gasteiger partial charge in [-0.1, -0.05) is 0 Å². The molecule has 1 aliphatic heterocycles. The maximum absolute atomic E-state index is 9.27. The van der Waals surface area contributed by atoms with Crippen molar-refractivity contribution in [1.82, 2.24) is 4.81 Å². The molecule has 0 aromatic rings. The zero-order valence-electron chi connectivity index (χ0n) is 7.66. The van der Waals surface area contributed by atoms with Crippen LogP contribution in [0.5, 0.6) is 0 Å². The van der Waals surface area contributed by atoms with Gasteiger partial charge in [0.15, 0.2) is 0 Å². The molecule has 1 fully saturated rings. The van der Waals surface area contributed by atoms with Crippen LogP contribution in [0.4, 0.5) is 0 Å². The molecule has 70 valence electrons. The Balaban J connectivity index is 2.39. The van der Waals surface area contributed by atoms with Gasteiger partial charge in [-0.3, -0.25) is 0 Å². The lowest BCUT2D eigenvalue weighted by Crippen LogP contribution is -2.57. The van der Waals surface area contributed by atoms with Gasteiger partial charge in [0.25, 0.3) is 0 Å². The van der Waals surface area contributed by atoms with Crippen molar-refractivity contribution in [1.29, 1.82) is 0 Å². The fraction of sp³-hybridized carbons (Fsp3) is 1.00. The van der Waals surface area contributed by atoms with Gasteiger partial charge in [-0.15, -0.1) is 0 Å². The Kier molecular flexibility index (Phi) is 3.12. The molecule has 0 saturated carbocycles. The molecule has 4 nitrogen and oxygen atoms in total. The SMILES string of the molecule is CB(O)N1CCC(N)(CN)CC1. The summed E-state index contributed by atoms with van der Waals surface area (Å²) in [4.78, 5) is 2.01. The van der Waals surface area contributed by atoms with Gasteiger partial charge in [0.2, 0.25) is 0 Å². The van der Waals surface area contributed by atoms with Gasteiger partial charge in [0.05, 0.1) is 0 Å². The molecule has 0 spiro atoms. The molecule has 0 unspecified atom stereocenters. The Morgan fingerprint density at radius 3 is 2.33 bits per heavy atom. The maximum atomic E-state index is 9.27. The highest BCUT2D eigenvalue weighted by Crippen LogP contribution is 2.18. The van der Waals surface area contributed by atoms with Gasteiger partial charge in [-0.25, -0.2) is 0 Å². The molecule has 12 heavy (non-hydrogen) atoms. The van der Waals surface area contributed by atoms with Crippen molar-refractivity contribution < 1.29 is 5.02 Å². The second-order valence-corrected chi connectivity index (χ2v) is 3.73. The minimum absolute atomic E-state index is 0.189. The van der Waals surface area contributed by atoms with Gasteiger partial charge in [0, 0.05) is 12.1 Å². The van der Waals surface area contributed by atoms with E-state index in [1.54, 1.807) is 6.82 Å². The molecule has 1 heterocycles. The highest BCUT2D eigenvalue weighted by molar-refractivity contribution is 6.45. The fourth-order valence-electron chi connectivity index (χ4n) is 1.55. The van der Waals surface area contributed by atoms with Crippen LogP contribution in [0.3, 0.4) is 0 Å². The number of hydrogen-bond donors (Lipinski definition) is 3. The van der Waals surface area contributed by atoms with Crippen LogP contribution in [-0.2, 0) is 0 Å². The van der Waals surface area contributed by atoms with Crippen molar-refractivity contribution >= 4 is 7.05 Å². The fourth-order valence-corrected chi connectivity index (χ4v) is 1.55. The van der Waals surface area contributed by atoms with Crippen LogP contribution in [-0.4, -0.2) is 42.1 Å². The third-order valence-corrected chi connectivity index (χ3v) is 2.73. The van der Waals surface area contributed by atoms with Gasteiger partial charge >= 0.3 is 7.05 Å². The van der Waals surface area contributed by atoms with E-state index < -0.39 is 0 Å². The Bertz CT molecular complexity index is 146. The van der Waals surface area contributed by atoms with Crippen LogP contribution in [0.25, 0.3) is 0 Å². The van der Waals surface area contributed by atoms with Gasteiger partial charge < -0.3 is 21.3 Å². The van der Waals surface area contributed by atoms with Gasteiger partial charge in [-0.2, -0.15) is 0 Å². The first kappa shape index (κ1) is 9.99. The van der Waals surface area contributed by atoms with E-state index in [9.17, 15) is 5.02 Å². The average Bonchev–Trinajstić information content (AvgIpc) is 2.05. The molecular weight excluding hydrogens is 153 g/mol. The number of rotatable bonds is 2. The first-order valence-electron chi connectivity index (χ1n) is 4.48.